The molecule has 0 unspecified atom stereocenters. The number of aromatic nitrogens is 4. The van der Waals surface area contributed by atoms with Crippen LogP contribution in [0.1, 0.15) is 0 Å². The summed E-state index contributed by atoms with van der Waals surface area (Å²) in [5.41, 5.74) is 0.377. The van der Waals surface area contributed by atoms with Gasteiger partial charge in [-0.3, -0.25) is 0 Å². The van der Waals surface area contributed by atoms with E-state index in [1.165, 1.54) is 4.52 Å². The average molecular weight is 136 g/mol. The van der Waals surface area contributed by atoms with Gasteiger partial charge in [0.05, 0.1) is 0 Å². The molecule has 0 fully saturated rings. The molecule has 50 valence electrons. The third kappa shape index (κ3) is 0.540. The van der Waals surface area contributed by atoms with E-state index in [1.807, 2.05) is 0 Å². The number of rotatable bonds is 0. The Kier molecular flexibility index (Phi) is 0.858. The highest BCUT2D eigenvalue weighted by atomic mass is 16.3. The summed E-state index contributed by atoms with van der Waals surface area (Å²) in [5.74, 6) is -0.138. The molecule has 0 saturated carbocycles. The van der Waals surface area contributed by atoms with Crippen molar-refractivity contribution in [2.75, 3.05) is 0 Å². The maximum atomic E-state index is 8.95. The van der Waals surface area contributed by atoms with Gasteiger partial charge in [0.2, 0.25) is 5.65 Å². The lowest BCUT2D eigenvalue weighted by atomic mass is 10.6. The van der Waals surface area contributed by atoms with Crippen molar-refractivity contribution in [3.05, 3.63) is 18.5 Å². The number of nitrogens with zero attached hydrogens (tertiary/aromatic N) is 4. The molecule has 0 saturated heterocycles. The first kappa shape index (κ1) is 5.16. The van der Waals surface area contributed by atoms with Crippen molar-refractivity contribution < 1.29 is 5.11 Å². The predicted molar refractivity (Wildman–Crippen MR) is 32.4 cm³/mol. The van der Waals surface area contributed by atoms with Crippen LogP contribution in [0.4, 0.5) is 0 Å². The number of aromatic hydroxyl groups is 1. The molecule has 5 heteroatoms. The van der Waals surface area contributed by atoms with Crippen molar-refractivity contribution in [1.82, 2.24) is 19.8 Å². The first-order chi connectivity index (χ1) is 4.88. The van der Waals surface area contributed by atoms with E-state index in [-0.39, 0.29) is 5.88 Å². The zero-order chi connectivity index (χ0) is 6.97. The van der Waals surface area contributed by atoms with Crippen LogP contribution in [0.3, 0.4) is 0 Å². The Balaban J connectivity index is 2.93. The van der Waals surface area contributed by atoms with Crippen LogP contribution >= 0.6 is 0 Å². The van der Waals surface area contributed by atoms with Gasteiger partial charge in [0.15, 0.2) is 0 Å². The fraction of sp³-hybridized carbons (Fsp3) is 0. The molecular formula is C5H4N4O. The monoisotopic (exact) mass is 136 g/mol. The van der Waals surface area contributed by atoms with Gasteiger partial charge in [0.1, 0.15) is 0 Å². The Morgan fingerprint density at radius 3 is 3.20 bits per heavy atom. The van der Waals surface area contributed by atoms with Crippen LogP contribution in [0.25, 0.3) is 5.65 Å². The highest BCUT2D eigenvalue weighted by Crippen LogP contribution is 2.07. The van der Waals surface area contributed by atoms with Gasteiger partial charge in [-0.05, 0) is 6.07 Å². The summed E-state index contributed by atoms with van der Waals surface area (Å²) in [4.78, 5) is 3.83. The maximum absolute atomic E-state index is 8.95. The van der Waals surface area contributed by atoms with Gasteiger partial charge in [-0.2, -0.15) is 4.52 Å². The summed E-state index contributed by atoms with van der Waals surface area (Å²) >= 11 is 0. The zero-order valence-electron chi connectivity index (χ0n) is 4.97. The van der Waals surface area contributed by atoms with Crippen molar-refractivity contribution in [2.24, 2.45) is 0 Å². The van der Waals surface area contributed by atoms with Crippen LogP contribution in [0.2, 0.25) is 0 Å². The van der Waals surface area contributed by atoms with E-state index in [2.05, 4.69) is 15.3 Å². The van der Waals surface area contributed by atoms with Gasteiger partial charge in [0.25, 0.3) is 5.88 Å². The van der Waals surface area contributed by atoms with Crippen molar-refractivity contribution >= 4 is 5.65 Å². The SMILES string of the molecule is Oc1nnn2cccnc12. The minimum atomic E-state index is -0.138. The lowest BCUT2D eigenvalue weighted by Gasteiger charge is -1.85. The van der Waals surface area contributed by atoms with Crippen LogP contribution < -0.4 is 0 Å². The molecular weight excluding hydrogens is 132 g/mol. The van der Waals surface area contributed by atoms with Crippen LogP contribution in [0.15, 0.2) is 18.5 Å². The quantitative estimate of drug-likeness (QED) is 0.546. The number of hydrogen-bond donors (Lipinski definition) is 1. The standard InChI is InChI=1S/C5H4N4O/c10-5-4-6-2-1-3-9(4)8-7-5/h1-3,10H. The lowest BCUT2D eigenvalue weighted by Crippen LogP contribution is -1.86. The number of fused-ring (bicyclic) bond motifs is 1. The molecule has 0 aliphatic carbocycles. The molecule has 0 atom stereocenters. The van der Waals surface area contributed by atoms with Gasteiger partial charge in [0, 0.05) is 12.4 Å². The average Bonchev–Trinajstić information content (AvgIpc) is 2.34. The molecule has 0 radical (unpaired) electrons. The minimum absolute atomic E-state index is 0.138. The van der Waals surface area contributed by atoms with Crippen molar-refractivity contribution in [1.29, 1.82) is 0 Å². The second kappa shape index (κ2) is 1.66. The van der Waals surface area contributed by atoms with E-state index < -0.39 is 0 Å². The topological polar surface area (TPSA) is 63.3 Å². The fourth-order valence-corrected chi connectivity index (χ4v) is 0.731. The third-order valence-corrected chi connectivity index (χ3v) is 1.16. The maximum Gasteiger partial charge on any atom is 0.278 e. The van der Waals surface area contributed by atoms with Crippen molar-refractivity contribution in [2.45, 2.75) is 0 Å². The minimum Gasteiger partial charge on any atom is -0.489 e. The highest BCUT2D eigenvalue weighted by Gasteiger charge is 2.01. The molecule has 0 bridgehead atoms. The predicted octanol–water partition coefficient (Wildman–Crippen LogP) is -0.170. The second-order valence-electron chi connectivity index (χ2n) is 1.80. The van der Waals surface area contributed by atoms with E-state index in [9.17, 15) is 0 Å². The van der Waals surface area contributed by atoms with Crippen LogP contribution in [-0.2, 0) is 0 Å². The van der Waals surface area contributed by atoms with Gasteiger partial charge >= 0.3 is 0 Å². The second-order valence-corrected chi connectivity index (χ2v) is 1.80. The molecule has 0 amide bonds. The van der Waals surface area contributed by atoms with E-state index >= 15 is 0 Å². The lowest BCUT2D eigenvalue weighted by molar-refractivity contribution is 0.456. The summed E-state index contributed by atoms with van der Waals surface area (Å²) in [6, 6.07) is 1.71. The summed E-state index contributed by atoms with van der Waals surface area (Å²) in [6.07, 6.45) is 3.23. The smallest absolute Gasteiger partial charge is 0.278 e. The van der Waals surface area contributed by atoms with Crippen LogP contribution in [0, 0.1) is 0 Å². The highest BCUT2D eigenvalue weighted by molar-refractivity contribution is 5.45. The van der Waals surface area contributed by atoms with Crippen molar-refractivity contribution in [3.8, 4) is 5.88 Å². The Hall–Kier alpha value is -1.65. The van der Waals surface area contributed by atoms with Gasteiger partial charge in [-0.1, -0.05) is 10.3 Å². The Morgan fingerprint density at radius 1 is 1.50 bits per heavy atom. The molecule has 0 aliphatic rings. The van der Waals surface area contributed by atoms with Crippen LogP contribution in [0.5, 0.6) is 5.88 Å². The third-order valence-electron chi connectivity index (χ3n) is 1.16. The van der Waals surface area contributed by atoms with E-state index in [0.29, 0.717) is 5.65 Å². The van der Waals surface area contributed by atoms with Crippen molar-refractivity contribution in [3.63, 3.8) is 0 Å². The molecule has 2 aromatic rings. The Morgan fingerprint density at radius 2 is 2.40 bits per heavy atom. The molecule has 0 aliphatic heterocycles. The van der Waals surface area contributed by atoms with Gasteiger partial charge < -0.3 is 5.11 Å². The molecule has 0 spiro atoms. The summed E-state index contributed by atoms with van der Waals surface area (Å²) in [7, 11) is 0. The molecule has 5 nitrogen and oxygen atoms in total. The summed E-state index contributed by atoms with van der Waals surface area (Å²) in [5, 5.41) is 15.9. The summed E-state index contributed by atoms with van der Waals surface area (Å²) < 4.78 is 1.40. The zero-order valence-corrected chi connectivity index (χ0v) is 4.97. The first-order valence-electron chi connectivity index (χ1n) is 2.73. The first-order valence-corrected chi connectivity index (χ1v) is 2.73. The van der Waals surface area contributed by atoms with E-state index in [1.54, 1.807) is 18.5 Å². The molecule has 10 heavy (non-hydrogen) atoms. The Bertz CT molecular complexity index is 355. The molecule has 2 rings (SSSR count). The molecule has 1 N–H and O–H groups in total. The summed E-state index contributed by atoms with van der Waals surface area (Å²) in [6.45, 7) is 0. The van der Waals surface area contributed by atoms with E-state index in [0.717, 1.165) is 0 Å². The van der Waals surface area contributed by atoms with E-state index in [4.69, 9.17) is 5.11 Å². The molecule has 2 aromatic heterocycles. The Labute approximate surface area is 55.9 Å². The molecule has 2 heterocycles. The van der Waals surface area contributed by atoms with Gasteiger partial charge in [-0.15, -0.1) is 0 Å². The van der Waals surface area contributed by atoms with Gasteiger partial charge in [-0.25, -0.2) is 4.98 Å². The van der Waals surface area contributed by atoms with Crippen LogP contribution in [-0.4, -0.2) is 24.9 Å². The fourth-order valence-electron chi connectivity index (χ4n) is 0.731. The largest absolute Gasteiger partial charge is 0.489 e. The number of hydrogen-bond acceptors (Lipinski definition) is 4. The normalized spacial score (nSPS) is 10.4. The molecule has 0 aromatic carbocycles.